The van der Waals surface area contributed by atoms with Crippen molar-refractivity contribution in [2.75, 3.05) is 0 Å². The van der Waals surface area contributed by atoms with Crippen molar-refractivity contribution in [1.82, 2.24) is 19.7 Å². The Bertz CT molecular complexity index is 772. The van der Waals surface area contributed by atoms with Crippen LogP contribution < -0.4 is 0 Å². The van der Waals surface area contributed by atoms with E-state index in [9.17, 15) is 0 Å². The molecule has 0 aliphatic rings. The number of hydrogen-bond donors (Lipinski definition) is 1. The molecule has 0 saturated heterocycles. The minimum absolute atomic E-state index is 0.645. The van der Waals surface area contributed by atoms with E-state index >= 15 is 0 Å². The Morgan fingerprint density at radius 1 is 1.21 bits per heavy atom. The predicted octanol–water partition coefficient (Wildman–Crippen LogP) is 3.57. The number of benzene rings is 1. The van der Waals surface area contributed by atoms with E-state index in [0.717, 1.165) is 35.4 Å². The summed E-state index contributed by atoms with van der Waals surface area (Å²) in [4.78, 5) is 4.65. The van der Waals surface area contributed by atoms with Crippen molar-refractivity contribution in [3.63, 3.8) is 0 Å². The third-order valence-electron chi connectivity index (χ3n) is 3.03. The molecule has 4 nitrogen and oxygen atoms in total. The molecule has 0 atom stereocenters. The highest BCUT2D eigenvalue weighted by Gasteiger charge is 2.09. The van der Waals surface area contributed by atoms with Crippen LogP contribution >= 0.6 is 12.2 Å². The predicted molar refractivity (Wildman–Crippen MR) is 78.4 cm³/mol. The van der Waals surface area contributed by atoms with Gasteiger partial charge < -0.3 is 0 Å². The van der Waals surface area contributed by atoms with Gasteiger partial charge in [-0.3, -0.25) is 9.67 Å². The number of nitrogens with zero attached hydrogens (tertiary/aromatic N) is 3. The maximum absolute atomic E-state index is 5.25. The van der Waals surface area contributed by atoms with Crippen molar-refractivity contribution < 1.29 is 0 Å². The summed E-state index contributed by atoms with van der Waals surface area (Å²) in [7, 11) is 0. The first-order valence-electron chi connectivity index (χ1n) is 6.31. The molecule has 1 aromatic carbocycles. The normalized spacial score (nSPS) is 11.0. The number of hydrogen-bond acceptors (Lipinski definition) is 3. The van der Waals surface area contributed by atoms with E-state index < -0.39 is 0 Å². The molecule has 5 heteroatoms. The zero-order chi connectivity index (χ0) is 13.2. The number of nitrogens with one attached hydrogen (secondary N) is 1. The molecule has 3 aromatic rings. The number of rotatable bonds is 3. The summed E-state index contributed by atoms with van der Waals surface area (Å²) < 4.78 is 2.64. The van der Waals surface area contributed by atoms with Gasteiger partial charge in [-0.1, -0.05) is 31.2 Å². The van der Waals surface area contributed by atoms with Crippen LogP contribution in [0.4, 0.5) is 0 Å². The lowest BCUT2D eigenvalue weighted by atomic mass is 10.2. The monoisotopic (exact) mass is 270 g/mol. The summed E-state index contributed by atoms with van der Waals surface area (Å²) in [5.74, 6) is 0.803. The van der Waals surface area contributed by atoms with Gasteiger partial charge >= 0.3 is 0 Å². The molecule has 0 aliphatic carbocycles. The van der Waals surface area contributed by atoms with Gasteiger partial charge in [-0.15, -0.1) is 0 Å². The second-order valence-corrected chi connectivity index (χ2v) is 4.78. The van der Waals surface area contributed by atoms with Gasteiger partial charge in [-0.05, 0) is 30.8 Å². The molecule has 2 aromatic heterocycles. The van der Waals surface area contributed by atoms with Crippen LogP contribution in [-0.4, -0.2) is 19.7 Å². The average Bonchev–Trinajstić information content (AvgIpc) is 2.80. The third kappa shape index (κ3) is 2.17. The van der Waals surface area contributed by atoms with Gasteiger partial charge in [0.15, 0.2) is 10.6 Å². The van der Waals surface area contributed by atoms with Gasteiger partial charge in [0.2, 0.25) is 0 Å². The van der Waals surface area contributed by atoms with E-state index in [1.165, 1.54) is 0 Å². The summed E-state index contributed by atoms with van der Waals surface area (Å²) in [6.07, 6.45) is 1.01. The Balaban J connectivity index is 2.16. The highest BCUT2D eigenvalue weighted by atomic mass is 32.1. The number of aromatic amines is 1. The highest BCUT2D eigenvalue weighted by molar-refractivity contribution is 7.71. The van der Waals surface area contributed by atoms with Crippen molar-refractivity contribution in [3.05, 3.63) is 41.2 Å². The molecule has 0 fully saturated rings. The first-order valence-corrected chi connectivity index (χ1v) is 6.72. The SMILES string of the molecule is CCCn1c(-c2ccc3ccccc3n2)n[nH]c1=S. The summed E-state index contributed by atoms with van der Waals surface area (Å²) in [5, 5.41) is 8.27. The van der Waals surface area contributed by atoms with Crippen LogP contribution in [0.25, 0.3) is 22.4 Å². The van der Waals surface area contributed by atoms with Crippen LogP contribution in [0.2, 0.25) is 0 Å². The van der Waals surface area contributed by atoms with Gasteiger partial charge in [0.1, 0.15) is 5.69 Å². The molecule has 0 spiro atoms. The third-order valence-corrected chi connectivity index (χ3v) is 3.34. The summed E-state index contributed by atoms with van der Waals surface area (Å²) >= 11 is 5.25. The fourth-order valence-corrected chi connectivity index (χ4v) is 2.36. The van der Waals surface area contributed by atoms with E-state index in [2.05, 4.69) is 34.2 Å². The number of fused-ring (bicyclic) bond motifs is 1. The van der Waals surface area contributed by atoms with E-state index in [4.69, 9.17) is 12.2 Å². The van der Waals surface area contributed by atoms with Crippen LogP contribution in [0.5, 0.6) is 0 Å². The molecule has 3 rings (SSSR count). The molecule has 0 saturated carbocycles. The number of aromatic nitrogens is 4. The summed E-state index contributed by atoms with van der Waals surface area (Å²) in [5.41, 5.74) is 1.82. The molecule has 96 valence electrons. The van der Waals surface area contributed by atoms with Crippen LogP contribution in [0.15, 0.2) is 36.4 Å². The van der Waals surface area contributed by atoms with Gasteiger partial charge in [0.05, 0.1) is 5.52 Å². The minimum atomic E-state index is 0.645. The van der Waals surface area contributed by atoms with Crippen molar-refractivity contribution in [2.24, 2.45) is 0 Å². The van der Waals surface area contributed by atoms with Gasteiger partial charge in [0, 0.05) is 11.9 Å². The van der Waals surface area contributed by atoms with E-state index in [0.29, 0.717) is 4.77 Å². The zero-order valence-corrected chi connectivity index (χ0v) is 11.4. The first-order chi connectivity index (χ1) is 9.29. The molecular formula is C14H14N4S. The molecule has 0 unspecified atom stereocenters. The molecule has 1 N–H and O–H groups in total. The average molecular weight is 270 g/mol. The Morgan fingerprint density at radius 3 is 2.89 bits per heavy atom. The summed E-state index contributed by atoms with van der Waals surface area (Å²) in [6, 6.07) is 12.1. The smallest absolute Gasteiger partial charge is 0.195 e. The Kier molecular flexibility index (Phi) is 3.13. The molecule has 0 bridgehead atoms. The molecular weight excluding hydrogens is 256 g/mol. The van der Waals surface area contributed by atoms with Crippen molar-refractivity contribution in [3.8, 4) is 11.5 Å². The van der Waals surface area contributed by atoms with Crippen LogP contribution in [0.3, 0.4) is 0 Å². The number of pyridine rings is 1. The maximum Gasteiger partial charge on any atom is 0.195 e. The van der Waals surface area contributed by atoms with Crippen LogP contribution in [0, 0.1) is 4.77 Å². The lowest BCUT2D eigenvalue weighted by molar-refractivity contribution is 0.673. The largest absolute Gasteiger partial charge is 0.299 e. The Morgan fingerprint density at radius 2 is 2.05 bits per heavy atom. The fourth-order valence-electron chi connectivity index (χ4n) is 2.13. The maximum atomic E-state index is 5.25. The van der Waals surface area contributed by atoms with Crippen LogP contribution in [-0.2, 0) is 6.54 Å². The quantitative estimate of drug-likeness (QED) is 0.740. The standard InChI is InChI=1S/C14H14N4S/c1-2-9-18-13(16-17-14(18)19)12-8-7-10-5-3-4-6-11(10)15-12/h3-8H,2,9H2,1H3,(H,17,19). The first kappa shape index (κ1) is 12.0. The van der Waals surface area contributed by atoms with Crippen molar-refractivity contribution >= 4 is 23.1 Å². The minimum Gasteiger partial charge on any atom is -0.299 e. The highest BCUT2D eigenvalue weighted by Crippen LogP contribution is 2.19. The second-order valence-electron chi connectivity index (χ2n) is 4.39. The second kappa shape index (κ2) is 4.93. The van der Waals surface area contributed by atoms with E-state index in [1.807, 2.05) is 28.8 Å². The Labute approximate surface area is 116 Å². The lowest BCUT2D eigenvalue weighted by Gasteiger charge is -2.05. The summed E-state index contributed by atoms with van der Waals surface area (Å²) in [6.45, 7) is 2.96. The van der Waals surface area contributed by atoms with Crippen molar-refractivity contribution in [1.29, 1.82) is 0 Å². The molecule has 0 radical (unpaired) electrons. The fraction of sp³-hybridized carbons (Fsp3) is 0.214. The molecule has 19 heavy (non-hydrogen) atoms. The van der Waals surface area contributed by atoms with Gasteiger partial charge in [0.25, 0.3) is 0 Å². The van der Waals surface area contributed by atoms with E-state index in [1.54, 1.807) is 0 Å². The van der Waals surface area contributed by atoms with E-state index in [-0.39, 0.29) is 0 Å². The topological polar surface area (TPSA) is 46.5 Å². The van der Waals surface area contributed by atoms with Gasteiger partial charge in [-0.25, -0.2) is 4.98 Å². The number of para-hydroxylation sites is 1. The Hall–Kier alpha value is -2.01. The van der Waals surface area contributed by atoms with Crippen LogP contribution in [0.1, 0.15) is 13.3 Å². The van der Waals surface area contributed by atoms with Crippen molar-refractivity contribution in [2.45, 2.75) is 19.9 Å². The number of H-pyrrole nitrogens is 1. The molecule has 0 amide bonds. The molecule has 2 heterocycles. The van der Waals surface area contributed by atoms with Gasteiger partial charge in [-0.2, -0.15) is 5.10 Å². The lowest BCUT2D eigenvalue weighted by Crippen LogP contribution is -2.01. The molecule has 0 aliphatic heterocycles. The zero-order valence-electron chi connectivity index (χ0n) is 10.6.